The van der Waals surface area contributed by atoms with Crippen LogP contribution in [0.1, 0.15) is 21.5 Å². The summed E-state index contributed by atoms with van der Waals surface area (Å²) >= 11 is 1.42. The molecule has 0 radical (unpaired) electrons. The van der Waals surface area contributed by atoms with Crippen LogP contribution in [0, 0.1) is 6.92 Å². The van der Waals surface area contributed by atoms with Crippen molar-refractivity contribution in [2.75, 3.05) is 6.54 Å². The minimum absolute atomic E-state index is 0.00517. The fraction of sp³-hybridized carbons (Fsp3) is 0.190. The molecular formula is C21H19N2O3S-. The average molecular weight is 379 g/mol. The van der Waals surface area contributed by atoms with E-state index in [0.29, 0.717) is 23.8 Å². The molecule has 1 heterocycles. The molecule has 5 nitrogen and oxygen atoms in total. The minimum Gasteiger partial charge on any atom is -0.545 e. The number of nitrogens with zero attached hydrogens (tertiary/aromatic N) is 2. The first-order chi connectivity index (χ1) is 13.0. The van der Waals surface area contributed by atoms with Crippen molar-refractivity contribution in [2.45, 2.75) is 18.6 Å². The zero-order chi connectivity index (χ0) is 19.4. The van der Waals surface area contributed by atoms with Crippen LogP contribution in [0.3, 0.4) is 0 Å². The maximum absolute atomic E-state index is 12.8. The fourth-order valence-corrected chi connectivity index (χ4v) is 3.95. The highest BCUT2D eigenvalue weighted by atomic mass is 32.2. The van der Waals surface area contributed by atoms with Gasteiger partial charge in [0.25, 0.3) is 0 Å². The second-order valence-corrected chi connectivity index (χ2v) is 7.43. The van der Waals surface area contributed by atoms with Crippen LogP contribution in [-0.2, 0) is 11.2 Å². The van der Waals surface area contributed by atoms with Gasteiger partial charge in [0.15, 0.2) is 5.17 Å². The Balaban J connectivity index is 1.82. The molecule has 27 heavy (non-hydrogen) atoms. The van der Waals surface area contributed by atoms with Gasteiger partial charge >= 0.3 is 0 Å². The van der Waals surface area contributed by atoms with Gasteiger partial charge in [0, 0.05) is 6.54 Å². The predicted octanol–water partition coefficient (Wildman–Crippen LogP) is 2.72. The van der Waals surface area contributed by atoms with Gasteiger partial charge in [0.1, 0.15) is 0 Å². The van der Waals surface area contributed by atoms with Crippen LogP contribution in [0.4, 0.5) is 5.69 Å². The van der Waals surface area contributed by atoms with Crippen LogP contribution in [0.5, 0.6) is 0 Å². The largest absolute Gasteiger partial charge is 0.545 e. The fourth-order valence-electron chi connectivity index (χ4n) is 2.74. The van der Waals surface area contributed by atoms with Crippen molar-refractivity contribution in [3.63, 3.8) is 0 Å². The molecule has 3 rings (SSSR count). The molecule has 2 aromatic rings. The summed E-state index contributed by atoms with van der Waals surface area (Å²) in [4.78, 5) is 29.8. The third kappa shape index (κ3) is 4.46. The van der Waals surface area contributed by atoms with Crippen molar-refractivity contribution in [3.05, 3.63) is 77.9 Å². The molecule has 0 N–H and O–H groups in total. The number of carboxylic acid groups (broad SMARTS) is 1. The molecule has 0 bridgehead atoms. The number of carbonyl (C=O) groups is 2. The number of hydrogen-bond acceptors (Lipinski definition) is 5. The summed E-state index contributed by atoms with van der Waals surface area (Å²) in [7, 11) is 0. The number of amides is 1. The van der Waals surface area contributed by atoms with Gasteiger partial charge in [0.05, 0.1) is 16.9 Å². The molecule has 1 amide bonds. The molecule has 1 aliphatic heterocycles. The lowest BCUT2D eigenvalue weighted by Gasteiger charge is -2.14. The number of rotatable bonds is 6. The highest BCUT2D eigenvalue weighted by Crippen LogP contribution is 2.32. The van der Waals surface area contributed by atoms with E-state index in [4.69, 9.17) is 0 Å². The van der Waals surface area contributed by atoms with Crippen LogP contribution in [0.2, 0.25) is 0 Å². The van der Waals surface area contributed by atoms with Crippen LogP contribution in [0.25, 0.3) is 0 Å². The molecule has 0 unspecified atom stereocenters. The Kier molecular flexibility index (Phi) is 5.76. The molecule has 1 atom stereocenters. The van der Waals surface area contributed by atoms with Crippen LogP contribution >= 0.6 is 11.8 Å². The van der Waals surface area contributed by atoms with E-state index in [0.717, 1.165) is 5.56 Å². The first-order valence-corrected chi connectivity index (χ1v) is 9.40. The first-order valence-electron chi connectivity index (χ1n) is 8.52. The van der Waals surface area contributed by atoms with Gasteiger partial charge in [-0.15, -0.1) is 6.58 Å². The maximum atomic E-state index is 12.8. The third-order valence-electron chi connectivity index (χ3n) is 4.20. The van der Waals surface area contributed by atoms with Gasteiger partial charge in [-0.2, -0.15) is 0 Å². The Morgan fingerprint density at radius 2 is 1.89 bits per heavy atom. The third-order valence-corrected chi connectivity index (χ3v) is 5.38. The second-order valence-electron chi connectivity index (χ2n) is 6.26. The number of aromatic carboxylic acids is 1. The number of aliphatic imine (C=N–C) groups is 1. The summed E-state index contributed by atoms with van der Waals surface area (Å²) in [6.07, 6.45) is 2.29. The van der Waals surface area contributed by atoms with E-state index < -0.39 is 5.97 Å². The molecule has 1 aliphatic rings. The molecular weight excluding hydrogens is 360 g/mol. The number of thioether (sulfide) groups is 1. The summed E-state index contributed by atoms with van der Waals surface area (Å²) in [6.45, 7) is 6.13. The van der Waals surface area contributed by atoms with E-state index in [9.17, 15) is 14.7 Å². The smallest absolute Gasteiger partial charge is 0.242 e. The summed E-state index contributed by atoms with van der Waals surface area (Å²) < 4.78 is 0. The predicted molar refractivity (Wildman–Crippen MR) is 106 cm³/mol. The van der Waals surface area contributed by atoms with Crippen molar-refractivity contribution < 1.29 is 14.7 Å². The van der Waals surface area contributed by atoms with E-state index in [1.165, 1.54) is 29.5 Å². The van der Waals surface area contributed by atoms with Crippen molar-refractivity contribution in [1.82, 2.24) is 4.90 Å². The number of benzene rings is 2. The molecule has 0 spiro atoms. The average Bonchev–Trinajstić information content (AvgIpc) is 2.93. The van der Waals surface area contributed by atoms with Gasteiger partial charge < -0.3 is 9.90 Å². The van der Waals surface area contributed by atoms with Crippen molar-refractivity contribution in [3.8, 4) is 0 Å². The molecule has 0 aromatic heterocycles. The zero-order valence-corrected chi connectivity index (χ0v) is 15.7. The van der Waals surface area contributed by atoms with Crippen molar-refractivity contribution in [2.24, 2.45) is 4.99 Å². The molecule has 1 saturated heterocycles. The SMILES string of the molecule is C=CCN1C(=O)[C@@H](Cc2ccc(C)cc2)SC1=Nc1ccc(C(=O)[O-])cc1. The van der Waals surface area contributed by atoms with Gasteiger partial charge in [-0.1, -0.05) is 59.8 Å². The summed E-state index contributed by atoms with van der Waals surface area (Å²) in [5, 5.41) is 11.2. The van der Waals surface area contributed by atoms with E-state index in [2.05, 4.69) is 11.6 Å². The molecule has 0 saturated carbocycles. The quantitative estimate of drug-likeness (QED) is 0.724. The Labute approximate surface area is 162 Å². The minimum atomic E-state index is -1.23. The number of carboxylic acids is 1. The summed E-state index contributed by atoms with van der Waals surface area (Å²) in [6, 6.07) is 14.2. The van der Waals surface area contributed by atoms with E-state index in [1.807, 2.05) is 31.2 Å². The highest BCUT2D eigenvalue weighted by Gasteiger charge is 2.37. The van der Waals surface area contributed by atoms with E-state index in [-0.39, 0.29) is 16.7 Å². The summed E-state index contributed by atoms with van der Waals surface area (Å²) in [5.41, 5.74) is 2.96. The zero-order valence-electron chi connectivity index (χ0n) is 14.9. The number of aryl methyl sites for hydroxylation is 1. The lowest BCUT2D eigenvalue weighted by Crippen LogP contribution is -2.32. The van der Waals surface area contributed by atoms with Crippen LogP contribution in [-0.4, -0.2) is 33.7 Å². The molecule has 2 aromatic carbocycles. The second kappa shape index (κ2) is 8.22. The maximum Gasteiger partial charge on any atom is 0.242 e. The van der Waals surface area contributed by atoms with E-state index >= 15 is 0 Å². The molecule has 0 aliphatic carbocycles. The Hall–Kier alpha value is -2.86. The number of carbonyl (C=O) groups excluding carboxylic acids is 2. The monoisotopic (exact) mass is 379 g/mol. The Morgan fingerprint density at radius 1 is 1.22 bits per heavy atom. The van der Waals surface area contributed by atoms with Crippen LogP contribution < -0.4 is 5.11 Å². The van der Waals surface area contributed by atoms with E-state index in [1.54, 1.807) is 23.1 Å². The van der Waals surface area contributed by atoms with Crippen molar-refractivity contribution >= 4 is 34.5 Å². The normalized spacial score (nSPS) is 18.1. The van der Waals surface area contributed by atoms with Gasteiger partial charge in [-0.05, 0) is 36.6 Å². The Bertz CT molecular complexity index is 889. The molecule has 1 fully saturated rings. The highest BCUT2D eigenvalue weighted by molar-refractivity contribution is 8.15. The topological polar surface area (TPSA) is 72.8 Å². The van der Waals surface area contributed by atoms with Gasteiger partial charge in [-0.3, -0.25) is 9.69 Å². The van der Waals surface area contributed by atoms with Gasteiger partial charge in [-0.25, -0.2) is 4.99 Å². The molecule has 6 heteroatoms. The van der Waals surface area contributed by atoms with Gasteiger partial charge in [0.2, 0.25) is 5.91 Å². The van der Waals surface area contributed by atoms with Crippen molar-refractivity contribution in [1.29, 1.82) is 0 Å². The summed E-state index contributed by atoms with van der Waals surface area (Å²) in [5.74, 6) is -1.23. The standard InChI is InChI=1S/C21H20N2O3S/c1-3-12-23-19(24)18(13-15-6-4-14(2)5-7-15)27-21(23)22-17-10-8-16(9-11-17)20(25)26/h3-11,18H,1,12-13H2,2H3,(H,25,26)/p-1/t18-/m1/s1. The number of hydrogen-bond donors (Lipinski definition) is 0. The number of amidine groups is 1. The lowest BCUT2D eigenvalue weighted by molar-refractivity contribution is -0.255. The lowest BCUT2D eigenvalue weighted by atomic mass is 10.1. The first kappa shape index (κ1) is 18.9. The van der Waals surface area contributed by atoms with Crippen LogP contribution in [0.15, 0.2) is 66.2 Å². The molecule has 138 valence electrons. The Morgan fingerprint density at radius 3 is 2.48 bits per heavy atom.